The molecule has 3 aliphatic heterocycles. The van der Waals surface area contributed by atoms with E-state index < -0.39 is 77.9 Å². The van der Waals surface area contributed by atoms with Gasteiger partial charge in [0.1, 0.15) is 25.0 Å². The quantitative estimate of drug-likeness (QED) is 0.0231. The fourth-order valence-corrected chi connectivity index (χ4v) is 7.20. The zero-order chi connectivity index (χ0) is 41.6. The number of allylic oxidation sites excluding steroid dienone is 5. The number of aliphatic imine (C=N–C) groups is 1. The largest absolute Gasteiger partial charge is 0.480 e. The van der Waals surface area contributed by atoms with Crippen LogP contribution in [0.4, 0.5) is 0 Å². The molecule has 0 aromatic heterocycles. The van der Waals surface area contributed by atoms with Crippen molar-refractivity contribution in [2.45, 2.75) is 133 Å². The van der Waals surface area contributed by atoms with Crippen LogP contribution in [0.25, 0.3) is 0 Å². The third-order valence-electron chi connectivity index (χ3n) is 10.7. The minimum Gasteiger partial charge on any atom is -0.480 e. The van der Waals surface area contributed by atoms with Crippen molar-refractivity contribution in [2.24, 2.45) is 27.8 Å². The van der Waals surface area contributed by atoms with Crippen LogP contribution in [-0.4, -0.2) is 127 Å². The van der Waals surface area contributed by atoms with Gasteiger partial charge in [-0.15, -0.1) is 0 Å². The Balaban J connectivity index is 1.51. The number of methoxy groups -OCH3 is 2. The maximum Gasteiger partial charge on any atom is 0.326 e. The van der Waals surface area contributed by atoms with Gasteiger partial charge in [-0.3, -0.25) is 14.6 Å². The molecule has 3 fully saturated rings. The predicted octanol–water partition coefficient (Wildman–Crippen LogP) is 1.53. The number of aliphatic hydroxyl groups excluding tert-OH is 2. The van der Waals surface area contributed by atoms with Crippen molar-refractivity contribution in [1.82, 2.24) is 10.6 Å². The van der Waals surface area contributed by atoms with Crippen LogP contribution < -0.4 is 22.1 Å². The lowest BCUT2D eigenvalue weighted by molar-refractivity contribution is -0.332. The Labute approximate surface area is 329 Å². The van der Waals surface area contributed by atoms with E-state index >= 15 is 0 Å². The van der Waals surface area contributed by atoms with Crippen molar-refractivity contribution in [1.29, 1.82) is 0 Å². The van der Waals surface area contributed by atoms with Crippen molar-refractivity contribution in [3.63, 3.8) is 0 Å². The van der Waals surface area contributed by atoms with E-state index in [1.54, 1.807) is 19.3 Å². The smallest absolute Gasteiger partial charge is 0.326 e. The summed E-state index contributed by atoms with van der Waals surface area (Å²) < 4.78 is 35.9. The molecule has 2 amide bonds. The van der Waals surface area contributed by atoms with Gasteiger partial charge >= 0.3 is 5.97 Å². The standard InChI is InChI=1S/C39H63N5O12/c1-23-21-39(52-7,56-25(3)24(23)2)32(47)34(48)44-35-31-30(53-22-54-35)33(51-6)38(4,5)28(55-31)20-26(45)16-13-11-9-8-10-12-14-18-29(46)43-27(36(49)50)17-15-19-42-37(40)41/h8-10,12,14,18,24-28,30-33,35,45,47H,1,11,13,15-17,19-22H2,2-7H3,(H,43,46)(H,44,48)(H,49,50)(H4,40,41,42)/b9-8+,12-10+,18-14+/t24-,25-,26?,27+,28-,30?,31?,32-,33-,35?,39-/m1/s1. The van der Waals surface area contributed by atoms with Gasteiger partial charge in [-0.05, 0) is 39.0 Å². The first-order valence-corrected chi connectivity index (χ1v) is 19.0. The van der Waals surface area contributed by atoms with Crippen LogP contribution in [0.15, 0.2) is 53.6 Å². The molecule has 17 heteroatoms. The van der Waals surface area contributed by atoms with Crippen molar-refractivity contribution in [3.05, 3.63) is 48.6 Å². The summed E-state index contributed by atoms with van der Waals surface area (Å²) >= 11 is 0. The summed E-state index contributed by atoms with van der Waals surface area (Å²) in [6.45, 7) is 12.0. The van der Waals surface area contributed by atoms with Gasteiger partial charge in [0.05, 0.1) is 24.4 Å². The normalized spacial score (nSPS) is 30.8. The molecular formula is C39H63N5O12. The van der Waals surface area contributed by atoms with E-state index in [0.29, 0.717) is 25.7 Å². The molecule has 3 heterocycles. The highest BCUT2D eigenvalue weighted by Crippen LogP contribution is 2.44. The van der Waals surface area contributed by atoms with E-state index in [-0.39, 0.29) is 50.6 Å². The number of hydrogen-bond donors (Lipinski definition) is 7. The number of fused-ring (bicyclic) bond motifs is 1. The summed E-state index contributed by atoms with van der Waals surface area (Å²) in [5.74, 6) is -4.14. The maximum atomic E-state index is 13.5. The molecule has 9 N–H and O–H groups in total. The number of nitrogens with zero attached hydrogens (tertiary/aromatic N) is 1. The zero-order valence-corrected chi connectivity index (χ0v) is 33.4. The molecule has 3 saturated heterocycles. The molecule has 0 aromatic carbocycles. The van der Waals surface area contributed by atoms with Gasteiger partial charge in [0.2, 0.25) is 11.7 Å². The van der Waals surface area contributed by atoms with Gasteiger partial charge in [0.15, 0.2) is 18.3 Å². The fraction of sp³-hybridized carbons (Fsp3) is 0.692. The average Bonchev–Trinajstić information content (AvgIpc) is 3.14. The lowest BCUT2D eigenvalue weighted by Crippen LogP contribution is -2.69. The number of ether oxygens (including phenoxy) is 6. The molecule has 316 valence electrons. The van der Waals surface area contributed by atoms with Gasteiger partial charge in [-0.25, -0.2) is 4.79 Å². The van der Waals surface area contributed by atoms with E-state index in [2.05, 4.69) is 22.2 Å². The number of nitrogens with one attached hydrogen (secondary N) is 2. The first kappa shape index (κ1) is 46.7. The number of aliphatic hydroxyl groups is 2. The predicted molar refractivity (Wildman–Crippen MR) is 207 cm³/mol. The molecule has 3 rings (SSSR count). The summed E-state index contributed by atoms with van der Waals surface area (Å²) in [7, 11) is 2.96. The molecule has 0 aromatic rings. The van der Waals surface area contributed by atoms with Crippen molar-refractivity contribution in [2.75, 3.05) is 27.6 Å². The third-order valence-corrected chi connectivity index (χ3v) is 10.7. The highest BCUT2D eigenvalue weighted by Gasteiger charge is 2.57. The SMILES string of the molecule is C=C1C[C@](OC)([C@H](O)C(=O)NC2OCOC3C2O[C@H](CC(O)CCC/C=C/C=C/C=C/C(=O)N[C@@H](CCCN=C(N)N)C(=O)O)C(C)(C)[C@@H]3OC)O[C@H](C)[C@@H]1C. The number of carboxylic acids is 1. The Morgan fingerprint density at radius 2 is 1.77 bits per heavy atom. The number of hydrogen-bond acceptors (Lipinski definition) is 12. The summed E-state index contributed by atoms with van der Waals surface area (Å²) in [4.78, 5) is 40.9. The van der Waals surface area contributed by atoms with Crippen molar-refractivity contribution < 1.29 is 58.1 Å². The van der Waals surface area contributed by atoms with Crippen molar-refractivity contribution >= 4 is 23.7 Å². The number of aliphatic carboxylic acids is 1. The Hall–Kier alpha value is -3.68. The van der Waals surface area contributed by atoms with Crippen LogP contribution in [0.2, 0.25) is 0 Å². The summed E-state index contributed by atoms with van der Waals surface area (Å²) in [5.41, 5.74) is 10.7. The highest BCUT2D eigenvalue weighted by molar-refractivity contribution is 5.91. The Bertz CT molecular complexity index is 1450. The Morgan fingerprint density at radius 3 is 2.41 bits per heavy atom. The van der Waals surface area contributed by atoms with Gasteiger partial charge in [0.25, 0.3) is 5.91 Å². The summed E-state index contributed by atoms with van der Waals surface area (Å²) in [6.07, 6.45) is 6.58. The zero-order valence-electron chi connectivity index (χ0n) is 33.4. The molecule has 0 saturated carbocycles. The molecule has 3 aliphatic rings. The van der Waals surface area contributed by atoms with Crippen LogP contribution in [0.5, 0.6) is 0 Å². The molecule has 0 spiro atoms. The van der Waals surface area contributed by atoms with Crippen molar-refractivity contribution in [3.8, 4) is 0 Å². The number of carboxylic acid groups (broad SMARTS) is 1. The van der Waals surface area contributed by atoms with Crippen LogP contribution in [0, 0.1) is 11.3 Å². The summed E-state index contributed by atoms with van der Waals surface area (Å²) in [6, 6.07) is -1.06. The molecule has 0 radical (unpaired) electrons. The number of rotatable bonds is 20. The number of amides is 2. The van der Waals surface area contributed by atoms with Gasteiger partial charge in [-0.2, -0.15) is 0 Å². The molecule has 4 unspecified atom stereocenters. The Kier molecular flexibility index (Phi) is 18.1. The molecule has 0 aliphatic carbocycles. The van der Waals surface area contributed by atoms with E-state index in [4.69, 9.17) is 39.9 Å². The lowest BCUT2D eigenvalue weighted by Gasteiger charge is -2.54. The first-order valence-electron chi connectivity index (χ1n) is 19.0. The monoisotopic (exact) mass is 793 g/mol. The highest BCUT2D eigenvalue weighted by atomic mass is 16.7. The second kappa shape index (κ2) is 21.7. The van der Waals surface area contributed by atoms with Gasteiger partial charge in [-0.1, -0.05) is 63.3 Å². The minimum atomic E-state index is -1.70. The number of carbonyl (C=O) groups is 3. The molecule has 17 nitrogen and oxygen atoms in total. The van der Waals surface area contributed by atoms with Crippen LogP contribution in [0.3, 0.4) is 0 Å². The molecule has 0 bridgehead atoms. The fourth-order valence-electron chi connectivity index (χ4n) is 7.20. The van der Waals surface area contributed by atoms with E-state index in [1.807, 2.05) is 39.8 Å². The molecule has 56 heavy (non-hydrogen) atoms. The molecule has 11 atom stereocenters. The first-order chi connectivity index (χ1) is 26.5. The van der Waals surface area contributed by atoms with Gasteiger partial charge < -0.3 is 65.8 Å². The number of nitrogens with two attached hydrogens (primary N) is 2. The molecular weight excluding hydrogens is 730 g/mol. The maximum absolute atomic E-state index is 13.5. The van der Waals surface area contributed by atoms with E-state index in [9.17, 15) is 29.7 Å². The van der Waals surface area contributed by atoms with Gasteiger partial charge in [0, 0.05) is 51.0 Å². The number of unbranched alkanes of at least 4 members (excludes halogenated alkanes) is 1. The second-order valence-electron chi connectivity index (χ2n) is 15.1. The number of carbonyl (C=O) groups excluding carboxylic acids is 2. The van der Waals surface area contributed by atoms with Crippen LogP contribution >= 0.6 is 0 Å². The lowest BCUT2D eigenvalue weighted by atomic mass is 9.72. The van der Waals surface area contributed by atoms with Crippen LogP contribution in [0.1, 0.15) is 72.6 Å². The average molecular weight is 794 g/mol. The topological polar surface area (TPSA) is 256 Å². The Morgan fingerprint density at radius 1 is 1.05 bits per heavy atom. The number of guanidine groups is 1. The third kappa shape index (κ3) is 12.7. The minimum absolute atomic E-state index is 0.0185. The van der Waals surface area contributed by atoms with Crippen LogP contribution in [-0.2, 0) is 42.8 Å². The van der Waals surface area contributed by atoms with E-state index in [0.717, 1.165) is 5.57 Å². The second-order valence-corrected chi connectivity index (χ2v) is 15.1. The van der Waals surface area contributed by atoms with E-state index in [1.165, 1.54) is 19.3 Å². The summed E-state index contributed by atoms with van der Waals surface area (Å²) in [5, 5.41) is 36.9.